The third kappa shape index (κ3) is 3.67. The van der Waals surface area contributed by atoms with Gasteiger partial charge in [-0.25, -0.2) is 0 Å². The summed E-state index contributed by atoms with van der Waals surface area (Å²) in [5.41, 5.74) is 0.703. The van der Waals surface area contributed by atoms with Gasteiger partial charge in [-0.1, -0.05) is 40.2 Å². The monoisotopic (exact) mass is 495 g/mol. The predicted octanol–water partition coefficient (Wildman–Crippen LogP) is 4.69. The SMILES string of the molecule is Br.COc1ccccc1N1C2=[N+](CCCCC2)CC1(O)c1ccc(Br)cc1. The van der Waals surface area contributed by atoms with E-state index in [-0.39, 0.29) is 17.0 Å². The van der Waals surface area contributed by atoms with Crippen LogP contribution in [0.5, 0.6) is 5.75 Å². The number of nitrogens with zero attached hydrogens (tertiary/aromatic N) is 2. The molecule has 0 aromatic heterocycles. The van der Waals surface area contributed by atoms with Gasteiger partial charge in [-0.2, -0.15) is 4.90 Å². The Morgan fingerprint density at radius 1 is 1.07 bits per heavy atom. The first-order valence-corrected chi connectivity index (χ1v) is 9.95. The smallest absolute Gasteiger partial charge is 0.275 e. The predicted molar refractivity (Wildman–Crippen MR) is 117 cm³/mol. The van der Waals surface area contributed by atoms with Crippen molar-refractivity contribution in [1.82, 2.24) is 0 Å². The minimum absolute atomic E-state index is 0. The summed E-state index contributed by atoms with van der Waals surface area (Å²) >= 11 is 3.50. The van der Waals surface area contributed by atoms with Crippen LogP contribution in [0.3, 0.4) is 0 Å². The molecular weight excluding hydrogens is 472 g/mol. The van der Waals surface area contributed by atoms with Gasteiger partial charge in [0.1, 0.15) is 0 Å². The number of halogens is 2. The second-order valence-corrected chi connectivity index (χ2v) is 7.89. The Balaban J connectivity index is 0.00000210. The third-order valence-electron chi connectivity index (χ3n) is 5.37. The molecule has 27 heavy (non-hydrogen) atoms. The van der Waals surface area contributed by atoms with Gasteiger partial charge < -0.3 is 9.84 Å². The van der Waals surface area contributed by atoms with E-state index in [2.05, 4.69) is 25.4 Å². The second kappa shape index (κ2) is 8.33. The highest BCUT2D eigenvalue weighted by molar-refractivity contribution is 9.10. The van der Waals surface area contributed by atoms with Crippen molar-refractivity contribution in [2.75, 3.05) is 25.1 Å². The van der Waals surface area contributed by atoms with Crippen molar-refractivity contribution in [3.8, 4) is 5.75 Å². The normalized spacial score (nSPS) is 22.1. The molecule has 0 saturated heterocycles. The van der Waals surface area contributed by atoms with E-state index in [1.54, 1.807) is 7.11 Å². The van der Waals surface area contributed by atoms with Crippen LogP contribution in [0.25, 0.3) is 0 Å². The zero-order valence-corrected chi connectivity index (χ0v) is 18.7. The van der Waals surface area contributed by atoms with Crippen molar-refractivity contribution in [3.63, 3.8) is 0 Å². The van der Waals surface area contributed by atoms with Crippen molar-refractivity contribution in [2.24, 2.45) is 0 Å². The van der Waals surface area contributed by atoms with Crippen LogP contribution >= 0.6 is 32.9 Å². The Hall–Kier alpha value is -1.37. The van der Waals surface area contributed by atoms with Crippen molar-refractivity contribution < 1.29 is 14.4 Å². The average Bonchev–Trinajstić information content (AvgIpc) is 2.79. The quantitative estimate of drug-likeness (QED) is 0.626. The Kier molecular flexibility index (Phi) is 6.28. The first-order valence-electron chi connectivity index (χ1n) is 9.16. The fraction of sp³-hybridized carbons (Fsp3) is 0.381. The van der Waals surface area contributed by atoms with Crippen LogP contribution in [-0.4, -0.2) is 35.7 Å². The van der Waals surface area contributed by atoms with E-state index in [4.69, 9.17) is 4.74 Å². The lowest BCUT2D eigenvalue weighted by Crippen LogP contribution is -2.47. The van der Waals surface area contributed by atoms with Crippen LogP contribution in [0, 0.1) is 0 Å². The van der Waals surface area contributed by atoms with Crippen LogP contribution < -0.4 is 9.64 Å². The highest BCUT2D eigenvalue weighted by atomic mass is 79.9. The molecule has 1 atom stereocenters. The molecule has 1 N–H and O–H groups in total. The van der Waals surface area contributed by atoms with Crippen LogP contribution in [0.2, 0.25) is 0 Å². The first-order chi connectivity index (χ1) is 12.6. The average molecular weight is 497 g/mol. The molecule has 0 amide bonds. The zero-order chi connectivity index (χ0) is 18.1. The van der Waals surface area contributed by atoms with Crippen LogP contribution in [-0.2, 0) is 5.72 Å². The molecule has 0 saturated carbocycles. The molecular formula is C21H25Br2N2O2+. The minimum Gasteiger partial charge on any atom is -0.492 e. The van der Waals surface area contributed by atoms with E-state index in [1.807, 2.05) is 48.5 Å². The number of rotatable bonds is 3. The van der Waals surface area contributed by atoms with Crippen molar-refractivity contribution in [2.45, 2.75) is 31.4 Å². The number of anilines is 1. The summed E-state index contributed by atoms with van der Waals surface area (Å²) in [6.07, 6.45) is 4.51. The molecule has 0 radical (unpaired) electrons. The largest absolute Gasteiger partial charge is 0.492 e. The summed E-state index contributed by atoms with van der Waals surface area (Å²) in [5.74, 6) is 1.97. The molecule has 0 bridgehead atoms. The molecule has 4 rings (SSSR count). The maximum atomic E-state index is 11.9. The topological polar surface area (TPSA) is 35.7 Å². The third-order valence-corrected chi connectivity index (χ3v) is 5.89. The summed E-state index contributed by atoms with van der Waals surface area (Å²) in [6, 6.07) is 15.9. The maximum absolute atomic E-state index is 11.9. The lowest BCUT2D eigenvalue weighted by molar-refractivity contribution is -0.534. The number of para-hydroxylation sites is 2. The van der Waals surface area contributed by atoms with Gasteiger partial charge in [0.05, 0.1) is 13.7 Å². The number of amidine groups is 1. The summed E-state index contributed by atoms with van der Waals surface area (Å²) in [6.45, 7) is 1.56. The summed E-state index contributed by atoms with van der Waals surface area (Å²) in [5, 5.41) is 11.9. The molecule has 0 spiro atoms. The summed E-state index contributed by atoms with van der Waals surface area (Å²) in [4.78, 5) is 2.10. The molecule has 1 unspecified atom stereocenters. The van der Waals surface area contributed by atoms with Crippen LogP contribution in [0.15, 0.2) is 53.0 Å². The fourth-order valence-electron chi connectivity index (χ4n) is 4.11. The Bertz CT molecular complexity index is 838. The summed E-state index contributed by atoms with van der Waals surface area (Å²) in [7, 11) is 1.68. The standard InChI is InChI=1S/C21H24BrN2O2.BrH/c1-26-19-8-5-4-7-18(19)24-20-9-3-2-6-14-23(20)15-21(24,25)16-10-12-17(22)13-11-16;/h4-5,7-8,10-13,25H,2-3,6,9,14-15H2,1H3;1H/q+1;. The molecule has 4 nitrogen and oxygen atoms in total. The highest BCUT2D eigenvalue weighted by Gasteiger charge is 2.54. The van der Waals surface area contributed by atoms with Gasteiger partial charge in [0, 0.05) is 16.5 Å². The highest BCUT2D eigenvalue weighted by Crippen LogP contribution is 2.41. The molecule has 0 aliphatic carbocycles. The van der Waals surface area contributed by atoms with Crippen LogP contribution in [0.1, 0.15) is 31.2 Å². The van der Waals surface area contributed by atoms with Gasteiger partial charge in [-0.05, 0) is 43.5 Å². The number of methoxy groups -OCH3 is 1. The number of ether oxygens (including phenoxy) is 1. The fourth-order valence-corrected chi connectivity index (χ4v) is 4.38. The van der Waals surface area contributed by atoms with E-state index in [1.165, 1.54) is 18.7 Å². The van der Waals surface area contributed by atoms with Crippen LogP contribution in [0.4, 0.5) is 5.69 Å². The molecule has 2 aliphatic heterocycles. The first kappa shape index (κ1) is 20.4. The number of hydrogen-bond acceptors (Lipinski definition) is 3. The van der Waals surface area contributed by atoms with Gasteiger partial charge in [-0.3, -0.25) is 4.58 Å². The van der Waals surface area contributed by atoms with E-state index in [0.29, 0.717) is 6.54 Å². The summed E-state index contributed by atoms with van der Waals surface area (Å²) < 4.78 is 8.98. The molecule has 2 aromatic carbocycles. The lowest BCUT2D eigenvalue weighted by Gasteiger charge is -2.29. The molecule has 2 aromatic rings. The Morgan fingerprint density at radius 2 is 1.81 bits per heavy atom. The van der Waals surface area contributed by atoms with Crippen molar-refractivity contribution in [1.29, 1.82) is 0 Å². The maximum Gasteiger partial charge on any atom is 0.275 e. The number of hydrogen-bond donors (Lipinski definition) is 1. The van der Waals surface area contributed by atoms with Gasteiger partial charge in [0.25, 0.3) is 11.6 Å². The number of aliphatic hydroxyl groups is 1. The number of benzene rings is 2. The van der Waals surface area contributed by atoms with E-state index >= 15 is 0 Å². The van der Waals surface area contributed by atoms with Gasteiger partial charge >= 0.3 is 0 Å². The molecule has 144 valence electrons. The molecule has 0 fully saturated rings. The Labute approximate surface area is 179 Å². The van der Waals surface area contributed by atoms with E-state index in [0.717, 1.165) is 40.9 Å². The van der Waals surface area contributed by atoms with E-state index < -0.39 is 5.72 Å². The minimum atomic E-state index is -1.11. The zero-order valence-electron chi connectivity index (χ0n) is 15.4. The molecule has 2 aliphatic rings. The van der Waals surface area contributed by atoms with E-state index in [9.17, 15) is 5.11 Å². The molecule has 6 heteroatoms. The van der Waals surface area contributed by atoms with Gasteiger partial charge in [0.15, 0.2) is 18.0 Å². The Morgan fingerprint density at radius 3 is 2.56 bits per heavy atom. The van der Waals surface area contributed by atoms with Gasteiger partial charge in [0.2, 0.25) is 0 Å². The lowest BCUT2D eigenvalue weighted by atomic mass is 10.00. The second-order valence-electron chi connectivity index (χ2n) is 6.98. The van der Waals surface area contributed by atoms with Crippen molar-refractivity contribution >= 4 is 44.4 Å². The van der Waals surface area contributed by atoms with Gasteiger partial charge in [-0.15, -0.1) is 17.0 Å². The van der Waals surface area contributed by atoms with Crippen molar-refractivity contribution in [3.05, 3.63) is 58.6 Å². The molecule has 2 heterocycles.